The molecule has 0 radical (unpaired) electrons. The van der Waals surface area contributed by atoms with E-state index in [2.05, 4.69) is 9.72 Å². The van der Waals surface area contributed by atoms with Crippen molar-refractivity contribution < 1.29 is 31.6 Å². The summed E-state index contributed by atoms with van der Waals surface area (Å²) in [4.78, 5) is 12.0. The Morgan fingerprint density at radius 1 is 1.41 bits per heavy atom. The minimum absolute atomic E-state index is 0.238. The second-order valence-corrected chi connectivity index (χ2v) is 2.68. The van der Waals surface area contributed by atoms with E-state index in [4.69, 9.17) is 0 Å². The fraction of sp³-hybridized carbons (Fsp3) is 0.286. The molecule has 0 aliphatic rings. The number of hydrogen-bond acceptors (Lipinski definition) is 4. The zero-order chi connectivity index (χ0) is 13.2. The van der Waals surface area contributed by atoms with Crippen LogP contribution in [0.5, 0.6) is 5.75 Å². The van der Waals surface area contributed by atoms with Crippen molar-refractivity contribution in [2.75, 3.05) is 0 Å². The van der Waals surface area contributed by atoms with Gasteiger partial charge in [0.15, 0.2) is 5.75 Å². The lowest BCUT2D eigenvalue weighted by Crippen LogP contribution is -2.18. The molecule has 0 fully saturated rings. The summed E-state index contributed by atoms with van der Waals surface area (Å²) in [6.45, 7) is 0. The van der Waals surface area contributed by atoms with Gasteiger partial charge in [0, 0.05) is 0 Å². The Bertz CT molecular complexity index is 434. The first-order chi connectivity index (χ1) is 7.70. The zero-order valence-corrected chi connectivity index (χ0v) is 7.74. The monoisotopic (exact) mass is 258 g/mol. The number of alkyl halides is 5. The van der Waals surface area contributed by atoms with Gasteiger partial charge in [-0.3, -0.25) is 10.1 Å². The van der Waals surface area contributed by atoms with Crippen LogP contribution >= 0.6 is 0 Å². The molecule has 0 saturated heterocycles. The fourth-order valence-electron chi connectivity index (χ4n) is 0.915. The van der Waals surface area contributed by atoms with E-state index in [1.807, 2.05) is 0 Å². The number of rotatable bonds is 3. The molecule has 94 valence electrons. The van der Waals surface area contributed by atoms with Crippen molar-refractivity contribution in [1.82, 2.24) is 4.98 Å². The quantitative estimate of drug-likeness (QED) is 0.475. The summed E-state index contributed by atoms with van der Waals surface area (Å²) in [5.41, 5.74) is -2.19. The second kappa shape index (κ2) is 4.47. The molecule has 0 amide bonds. The molecule has 0 aliphatic heterocycles. The van der Waals surface area contributed by atoms with E-state index in [9.17, 15) is 32.1 Å². The summed E-state index contributed by atoms with van der Waals surface area (Å²) in [5.74, 6) is -1.39. The molecule has 0 aromatic carbocycles. The van der Waals surface area contributed by atoms with Gasteiger partial charge in [-0.05, 0) is 0 Å². The minimum atomic E-state index is -5.24. The van der Waals surface area contributed by atoms with E-state index in [1.54, 1.807) is 0 Å². The van der Waals surface area contributed by atoms with E-state index in [0.29, 0.717) is 6.20 Å². The van der Waals surface area contributed by atoms with Gasteiger partial charge in [-0.1, -0.05) is 0 Å². The third-order valence-electron chi connectivity index (χ3n) is 1.51. The summed E-state index contributed by atoms with van der Waals surface area (Å²) in [7, 11) is 0. The Hall–Kier alpha value is -2.00. The summed E-state index contributed by atoms with van der Waals surface area (Å²) in [6, 6.07) is 0.238. The normalized spacial score (nSPS) is 11.6. The van der Waals surface area contributed by atoms with Gasteiger partial charge < -0.3 is 4.74 Å². The first-order valence-corrected chi connectivity index (χ1v) is 3.89. The highest BCUT2D eigenvalue weighted by atomic mass is 19.4. The number of halogens is 5. The van der Waals surface area contributed by atoms with Crippen molar-refractivity contribution in [2.24, 2.45) is 0 Å². The van der Waals surface area contributed by atoms with Crippen molar-refractivity contribution >= 4 is 5.69 Å². The maximum Gasteiger partial charge on any atom is 0.573 e. The number of aromatic nitrogens is 1. The first-order valence-electron chi connectivity index (χ1n) is 3.89. The highest BCUT2D eigenvalue weighted by Crippen LogP contribution is 2.33. The molecule has 0 spiro atoms. The maximum atomic E-state index is 12.3. The van der Waals surface area contributed by atoms with Gasteiger partial charge in [-0.2, -0.15) is 0 Å². The molecular weight excluding hydrogens is 255 g/mol. The smallest absolute Gasteiger partial charge is 0.403 e. The second-order valence-electron chi connectivity index (χ2n) is 2.68. The van der Waals surface area contributed by atoms with Crippen molar-refractivity contribution in [3.63, 3.8) is 0 Å². The summed E-state index contributed by atoms with van der Waals surface area (Å²) in [6.07, 6.45) is -8.15. The zero-order valence-electron chi connectivity index (χ0n) is 7.74. The van der Waals surface area contributed by atoms with E-state index in [-0.39, 0.29) is 6.07 Å². The van der Waals surface area contributed by atoms with E-state index < -0.39 is 34.8 Å². The van der Waals surface area contributed by atoms with Crippen LogP contribution in [0.2, 0.25) is 0 Å². The lowest BCUT2D eigenvalue weighted by molar-refractivity contribution is -0.385. The predicted molar refractivity (Wildman–Crippen MR) is 42.5 cm³/mol. The molecule has 5 nitrogen and oxygen atoms in total. The molecule has 0 atom stereocenters. The van der Waals surface area contributed by atoms with Crippen LogP contribution in [-0.4, -0.2) is 16.3 Å². The molecule has 1 rings (SSSR count). The largest absolute Gasteiger partial charge is 0.573 e. The molecule has 0 unspecified atom stereocenters. The van der Waals surface area contributed by atoms with E-state index >= 15 is 0 Å². The minimum Gasteiger partial charge on any atom is -0.403 e. The molecule has 0 aliphatic carbocycles. The maximum absolute atomic E-state index is 12.3. The van der Waals surface area contributed by atoms with Crippen LogP contribution in [0, 0.1) is 10.1 Å². The Balaban J connectivity index is 3.21. The average molecular weight is 258 g/mol. The molecule has 17 heavy (non-hydrogen) atoms. The van der Waals surface area contributed by atoms with Crippen LogP contribution < -0.4 is 4.74 Å². The van der Waals surface area contributed by atoms with Gasteiger partial charge in [-0.15, -0.1) is 13.2 Å². The lowest BCUT2D eigenvalue weighted by atomic mass is 10.3. The Morgan fingerprint density at radius 2 is 2.00 bits per heavy atom. The van der Waals surface area contributed by atoms with Gasteiger partial charge >= 0.3 is 6.36 Å². The SMILES string of the molecule is O=[N+]([O-])c1cnc(C(F)F)c(OC(F)(F)F)c1. The van der Waals surface area contributed by atoms with Crippen LogP contribution in [0.15, 0.2) is 12.3 Å². The first kappa shape index (κ1) is 13.1. The molecule has 10 heteroatoms. The molecule has 0 N–H and O–H groups in total. The van der Waals surface area contributed by atoms with Crippen LogP contribution in [0.25, 0.3) is 0 Å². The molecular formula is C7H3F5N2O3. The van der Waals surface area contributed by atoms with Gasteiger partial charge in [0.05, 0.1) is 11.0 Å². The van der Waals surface area contributed by atoms with Gasteiger partial charge in [-0.25, -0.2) is 13.8 Å². The van der Waals surface area contributed by atoms with Crippen molar-refractivity contribution in [3.05, 3.63) is 28.1 Å². The highest BCUT2D eigenvalue weighted by molar-refractivity contribution is 5.39. The highest BCUT2D eigenvalue weighted by Gasteiger charge is 2.34. The van der Waals surface area contributed by atoms with Crippen LogP contribution in [-0.2, 0) is 0 Å². The van der Waals surface area contributed by atoms with Gasteiger partial charge in [0.2, 0.25) is 0 Å². The van der Waals surface area contributed by atoms with Crippen molar-refractivity contribution in [1.29, 1.82) is 0 Å². The molecule has 0 bridgehead atoms. The summed E-state index contributed by atoms with van der Waals surface area (Å²) in [5, 5.41) is 10.2. The number of ether oxygens (including phenoxy) is 1. The fourth-order valence-corrected chi connectivity index (χ4v) is 0.915. The lowest BCUT2D eigenvalue weighted by Gasteiger charge is -2.11. The summed E-state index contributed by atoms with van der Waals surface area (Å²) < 4.78 is 63.3. The van der Waals surface area contributed by atoms with Crippen LogP contribution in [0.4, 0.5) is 27.6 Å². The molecule has 0 saturated carbocycles. The van der Waals surface area contributed by atoms with Crippen molar-refractivity contribution in [3.8, 4) is 5.75 Å². The average Bonchev–Trinajstić information content (AvgIpc) is 2.14. The van der Waals surface area contributed by atoms with E-state index in [1.165, 1.54) is 0 Å². The number of pyridine rings is 1. The number of hydrogen-bond donors (Lipinski definition) is 0. The summed E-state index contributed by atoms with van der Waals surface area (Å²) >= 11 is 0. The number of nitrogens with zero attached hydrogens (tertiary/aromatic N) is 2. The molecule has 1 heterocycles. The molecule has 1 aromatic heterocycles. The van der Waals surface area contributed by atoms with Crippen LogP contribution in [0.1, 0.15) is 12.1 Å². The van der Waals surface area contributed by atoms with E-state index in [0.717, 1.165) is 0 Å². The van der Waals surface area contributed by atoms with Gasteiger partial charge in [0.1, 0.15) is 11.9 Å². The van der Waals surface area contributed by atoms with Gasteiger partial charge in [0.25, 0.3) is 12.1 Å². The molecule has 1 aromatic rings. The number of nitro groups is 1. The third kappa shape index (κ3) is 3.50. The van der Waals surface area contributed by atoms with Crippen molar-refractivity contribution in [2.45, 2.75) is 12.8 Å². The Kier molecular flexibility index (Phi) is 3.44. The topological polar surface area (TPSA) is 65.3 Å². The van der Waals surface area contributed by atoms with Crippen LogP contribution in [0.3, 0.4) is 0 Å². The predicted octanol–water partition coefficient (Wildman–Crippen LogP) is 2.83. The third-order valence-corrected chi connectivity index (χ3v) is 1.51. The standard InChI is InChI=1S/C7H3F5N2O3/c8-6(9)5-4(17-7(10,11)12)1-3(2-13-5)14(15)16/h1-2,6H. The Morgan fingerprint density at radius 3 is 2.41 bits per heavy atom. The Labute approximate surface area is 90.0 Å².